The Morgan fingerprint density at radius 1 is 0.290 bits per heavy atom. The number of aliphatic hydroxyl groups excluding tert-OH is 1. The molecule has 0 saturated carbocycles. The monoisotopic (exact) mass is 1450 g/mol. The SMILES string of the molecule is CC/C=C\C/C=C\C/C=C\C/C=C\CCCCCCC(=O)OCC(COP(=O)(O)OCC(O)COP(=O)(O)OCC(COC(=O)CCCCCCC/C=C\C/C=C\C/C=C\CC)OC(=O)CCCCCCC/C=C\CCCCCC)OC(=O)CCCCCCCCCCCCCCCCC. The number of esters is 4. The first kappa shape index (κ1) is 96.0. The molecule has 0 aliphatic rings. The summed E-state index contributed by atoms with van der Waals surface area (Å²) in [6.45, 7) is 4.62. The highest BCUT2D eigenvalue weighted by atomic mass is 31.2. The first-order chi connectivity index (χ1) is 48.7. The zero-order chi connectivity index (χ0) is 73.2. The Hall–Kier alpha value is -4.02. The maximum absolute atomic E-state index is 13.1. The van der Waals surface area contributed by atoms with E-state index in [0.29, 0.717) is 25.7 Å². The topological polar surface area (TPSA) is 237 Å². The third-order valence-corrected chi connectivity index (χ3v) is 18.4. The molecule has 0 aromatic carbocycles. The molecule has 0 rings (SSSR count). The molecule has 19 heteroatoms. The third-order valence-electron chi connectivity index (χ3n) is 16.5. The van der Waals surface area contributed by atoms with Crippen molar-refractivity contribution in [1.29, 1.82) is 0 Å². The number of unbranched alkanes of at least 4 members (excludes halogenated alkanes) is 32. The predicted octanol–water partition coefficient (Wildman–Crippen LogP) is 22.8. The summed E-state index contributed by atoms with van der Waals surface area (Å²) in [7, 11) is -9.96. The molecule has 5 unspecified atom stereocenters. The summed E-state index contributed by atoms with van der Waals surface area (Å²) < 4.78 is 68.5. The Bertz CT molecular complexity index is 2270. The molecule has 5 atom stereocenters. The molecular weight excluding hydrogens is 1310 g/mol. The van der Waals surface area contributed by atoms with Crippen LogP contribution >= 0.6 is 15.6 Å². The highest BCUT2D eigenvalue weighted by Gasteiger charge is 2.30. The standard InChI is InChI=1S/C81H142O17P2/c1-5-9-13-17-21-25-29-33-36-37-40-43-46-50-54-58-62-66-79(84)92-72-77(98-81(86)68-64-60-56-52-48-44-39-35-31-27-23-19-15-11-7-3)74-96-100(89,90)94-70-75(82)69-93-99(87,88)95-73-76(97-80(85)67-63-59-55-51-47-41-32-28-24-20-16-12-8-4)71-91-78(83)65-61-57-53-49-45-42-38-34-30-26-22-18-14-10-6-2/h9-10,13-14,21-22,25-26,28,32-34,36,38,40,43,75-77,82H,5-8,11-12,15-20,23-24,27,29-31,35,37,39,41-42,44-74H2,1-4H3,(H,87,88)(H,89,90)/b13-9-,14-10-,25-21-,26-22-,32-28-,36-33-,38-34-,43-40-. The van der Waals surface area contributed by atoms with E-state index in [4.69, 9.17) is 37.0 Å². The quantitative estimate of drug-likeness (QED) is 0.0169. The van der Waals surface area contributed by atoms with Gasteiger partial charge in [-0.05, 0) is 122 Å². The molecule has 0 amide bonds. The summed E-state index contributed by atoms with van der Waals surface area (Å²) in [6.07, 6.45) is 76.7. The van der Waals surface area contributed by atoms with Crippen LogP contribution in [0.15, 0.2) is 97.2 Å². The van der Waals surface area contributed by atoms with Crippen LogP contribution in [0.5, 0.6) is 0 Å². The van der Waals surface area contributed by atoms with Crippen LogP contribution in [0.1, 0.15) is 336 Å². The second-order valence-electron chi connectivity index (χ2n) is 26.2. The van der Waals surface area contributed by atoms with Crippen molar-refractivity contribution >= 4 is 39.5 Å². The molecule has 17 nitrogen and oxygen atoms in total. The number of carbonyl (C=O) groups excluding carboxylic acids is 4. The molecule has 0 heterocycles. The van der Waals surface area contributed by atoms with Crippen molar-refractivity contribution < 1.29 is 80.2 Å². The molecule has 100 heavy (non-hydrogen) atoms. The van der Waals surface area contributed by atoms with Gasteiger partial charge >= 0.3 is 39.5 Å². The van der Waals surface area contributed by atoms with Gasteiger partial charge in [0.1, 0.15) is 19.3 Å². The van der Waals surface area contributed by atoms with Crippen LogP contribution in [0, 0.1) is 0 Å². The van der Waals surface area contributed by atoms with Gasteiger partial charge in [-0.3, -0.25) is 37.3 Å². The van der Waals surface area contributed by atoms with Crippen molar-refractivity contribution in [2.24, 2.45) is 0 Å². The summed E-state index contributed by atoms with van der Waals surface area (Å²) >= 11 is 0. The van der Waals surface area contributed by atoms with Crippen molar-refractivity contribution in [3.05, 3.63) is 97.2 Å². The van der Waals surface area contributed by atoms with Gasteiger partial charge in [0.15, 0.2) is 12.2 Å². The summed E-state index contributed by atoms with van der Waals surface area (Å²) in [5.74, 6) is -2.21. The number of phosphoric ester groups is 2. The van der Waals surface area contributed by atoms with Gasteiger partial charge in [0, 0.05) is 25.7 Å². The molecule has 0 aliphatic carbocycles. The van der Waals surface area contributed by atoms with Gasteiger partial charge in [-0.15, -0.1) is 0 Å². The summed E-state index contributed by atoms with van der Waals surface area (Å²) in [5.41, 5.74) is 0. The molecule has 0 aromatic rings. The first-order valence-electron chi connectivity index (χ1n) is 39.5. The van der Waals surface area contributed by atoms with Crippen LogP contribution in [0.2, 0.25) is 0 Å². The lowest BCUT2D eigenvalue weighted by atomic mass is 10.0. The van der Waals surface area contributed by atoms with Crippen molar-refractivity contribution in [2.75, 3.05) is 39.6 Å². The third kappa shape index (κ3) is 72.3. The minimum absolute atomic E-state index is 0.0813. The Kier molecular flexibility index (Phi) is 70.4. The van der Waals surface area contributed by atoms with Crippen molar-refractivity contribution in [3.63, 3.8) is 0 Å². The predicted molar refractivity (Wildman–Crippen MR) is 409 cm³/mol. The van der Waals surface area contributed by atoms with Gasteiger partial charge < -0.3 is 33.8 Å². The number of allylic oxidation sites excluding steroid dienone is 16. The smallest absolute Gasteiger partial charge is 0.462 e. The van der Waals surface area contributed by atoms with Gasteiger partial charge in [-0.1, -0.05) is 285 Å². The summed E-state index contributed by atoms with van der Waals surface area (Å²) in [4.78, 5) is 72.9. The van der Waals surface area contributed by atoms with Gasteiger partial charge in [0.25, 0.3) is 0 Å². The first-order valence-corrected chi connectivity index (χ1v) is 42.5. The van der Waals surface area contributed by atoms with Crippen molar-refractivity contribution in [1.82, 2.24) is 0 Å². The average molecular weight is 1450 g/mol. The number of hydrogen-bond acceptors (Lipinski definition) is 15. The number of hydrogen-bond donors (Lipinski definition) is 3. The zero-order valence-corrected chi connectivity index (χ0v) is 64.9. The lowest BCUT2D eigenvalue weighted by Gasteiger charge is -2.21. The Balaban J connectivity index is 5.37. The second kappa shape index (κ2) is 73.3. The van der Waals surface area contributed by atoms with Crippen LogP contribution in [0.4, 0.5) is 0 Å². The molecule has 0 fully saturated rings. The van der Waals surface area contributed by atoms with Gasteiger partial charge in [-0.25, -0.2) is 9.13 Å². The molecule has 578 valence electrons. The van der Waals surface area contributed by atoms with Crippen LogP contribution in [0.25, 0.3) is 0 Å². The van der Waals surface area contributed by atoms with E-state index in [1.165, 1.54) is 89.9 Å². The summed E-state index contributed by atoms with van der Waals surface area (Å²) in [5, 5.41) is 10.6. The van der Waals surface area contributed by atoms with E-state index in [-0.39, 0.29) is 25.7 Å². The maximum Gasteiger partial charge on any atom is 0.472 e. The molecule has 0 bridgehead atoms. The van der Waals surface area contributed by atoms with Gasteiger partial charge in [0.05, 0.1) is 26.4 Å². The van der Waals surface area contributed by atoms with Crippen LogP contribution in [0.3, 0.4) is 0 Å². The van der Waals surface area contributed by atoms with E-state index < -0.39 is 97.5 Å². The minimum Gasteiger partial charge on any atom is -0.462 e. The number of rotatable bonds is 74. The number of phosphoric acid groups is 2. The second-order valence-corrected chi connectivity index (χ2v) is 29.2. The van der Waals surface area contributed by atoms with Crippen LogP contribution in [-0.4, -0.2) is 96.7 Å². The van der Waals surface area contributed by atoms with E-state index >= 15 is 0 Å². The normalized spacial score (nSPS) is 14.4. The van der Waals surface area contributed by atoms with Crippen molar-refractivity contribution in [3.8, 4) is 0 Å². The molecular formula is C81H142O17P2. The zero-order valence-electron chi connectivity index (χ0n) is 63.1. The van der Waals surface area contributed by atoms with E-state index in [1.807, 2.05) is 0 Å². The molecule has 0 aliphatic heterocycles. The lowest BCUT2D eigenvalue weighted by molar-refractivity contribution is -0.161. The fourth-order valence-electron chi connectivity index (χ4n) is 10.6. The molecule has 3 N–H and O–H groups in total. The fourth-order valence-corrected chi connectivity index (χ4v) is 12.2. The number of ether oxygens (including phenoxy) is 4. The molecule has 0 spiro atoms. The molecule has 0 saturated heterocycles. The number of carbonyl (C=O) groups is 4. The Morgan fingerprint density at radius 3 is 0.820 bits per heavy atom. The van der Waals surface area contributed by atoms with Gasteiger partial charge in [0.2, 0.25) is 0 Å². The Labute approximate surface area is 607 Å². The Morgan fingerprint density at radius 2 is 0.520 bits per heavy atom. The van der Waals surface area contributed by atoms with E-state index in [9.17, 15) is 43.2 Å². The largest absolute Gasteiger partial charge is 0.472 e. The molecule has 0 aromatic heterocycles. The fraction of sp³-hybridized carbons (Fsp3) is 0.753. The van der Waals surface area contributed by atoms with E-state index in [0.717, 1.165) is 167 Å². The van der Waals surface area contributed by atoms with E-state index in [2.05, 4.69) is 125 Å². The van der Waals surface area contributed by atoms with Gasteiger partial charge in [-0.2, -0.15) is 0 Å². The minimum atomic E-state index is -4.98. The van der Waals surface area contributed by atoms with Crippen LogP contribution < -0.4 is 0 Å². The molecule has 0 radical (unpaired) electrons. The van der Waals surface area contributed by atoms with E-state index in [1.54, 1.807) is 0 Å². The van der Waals surface area contributed by atoms with Crippen LogP contribution in [-0.2, 0) is 65.4 Å². The highest BCUT2D eigenvalue weighted by molar-refractivity contribution is 7.47. The number of aliphatic hydroxyl groups is 1. The average Bonchev–Trinajstić information content (AvgIpc) is 1.06. The maximum atomic E-state index is 13.1. The lowest BCUT2D eigenvalue weighted by Crippen LogP contribution is -2.30. The van der Waals surface area contributed by atoms with Crippen molar-refractivity contribution in [2.45, 2.75) is 354 Å². The summed E-state index contributed by atoms with van der Waals surface area (Å²) in [6, 6.07) is 0. The highest BCUT2D eigenvalue weighted by Crippen LogP contribution is 2.45.